The fourth-order valence-corrected chi connectivity index (χ4v) is 2.63. The normalized spacial score (nSPS) is 15.1. The van der Waals surface area contributed by atoms with Gasteiger partial charge in [-0.05, 0) is 32.0 Å². The van der Waals surface area contributed by atoms with Gasteiger partial charge in [0.1, 0.15) is 0 Å². The number of piperazine rings is 1. The third-order valence-corrected chi connectivity index (χ3v) is 3.65. The molecule has 21 heavy (non-hydrogen) atoms. The molecule has 1 N–H and O–H groups in total. The highest BCUT2D eigenvalue weighted by Gasteiger charge is 2.24. The van der Waals surface area contributed by atoms with Gasteiger partial charge in [-0.25, -0.2) is 0 Å². The van der Waals surface area contributed by atoms with Crippen LogP contribution in [0.2, 0.25) is 0 Å². The van der Waals surface area contributed by atoms with Crippen molar-refractivity contribution in [3.8, 4) is 0 Å². The van der Waals surface area contributed by atoms with E-state index < -0.39 is 0 Å². The van der Waals surface area contributed by atoms with Crippen molar-refractivity contribution in [1.29, 1.82) is 0 Å². The van der Waals surface area contributed by atoms with Crippen molar-refractivity contribution >= 4 is 22.7 Å². The summed E-state index contributed by atoms with van der Waals surface area (Å²) in [6, 6.07) is 7.68. The van der Waals surface area contributed by atoms with Gasteiger partial charge in [0.05, 0.1) is 17.6 Å². The van der Waals surface area contributed by atoms with Crippen LogP contribution in [0.1, 0.15) is 21.6 Å². The smallest absolute Gasteiger partial charge is 0.255 e. The Morgan fingerprint density at radius 3 is 2.86 bits per heavy atom. The monoisotopic (exact) mass is 283 g/mol. The average Bonchev–Trinajstić information content (AvgIpc) is 2.46. The average molecular weight is 283 g/mol. The highest BCUT2D eigenvalue weighted by Crippen LogP contribution is 2.21. The van der Waals surface area contributed by atoms with Gasteiger partial charge in [-0.2, -0.15) is 0 Å². The van der Waals surface area contributed by atoms with Crippen LogP contribution in [0.3, 0.4) is 0 Å². The van der Waals surface area contributed by atoms with Gasteiger partial charge in [-0.1, -0.05) is 11.6 Å². The van der Waals surface area contributed by atoms with Gasteiger partial charge in [-0.3, -0.25) is 14.6 Å². The molecule has 0 spiro atoms. The van der Waals surface area contributed by atoms with E-state index in [1.807, 2.05) is 32.0 Å². The molecule has 0 bridgehead atoms. The lowest BCUT2D eigenvalue weighted by molar-refractivity contribution is -0.123. The summed E-state index contributed by atoms with van der Waals surface area (Å²) < 4.78 is 0. The molecule has 2 aromatic rings. The minimum absolute atomic E-state index is 0.106. The number of hydrogen-bond donors (Lipinski definition) is 1. The minimum Gasteiger partial charge on any atom is -0.353 e. The molecule has 5 heteroatoms. The second-order valence-electron chi connectivity index (χ2n) is 5.41. The first-order valence-electron chi connectivity index (χ1n) is 6.98. The van der Waals surface area contributed by atoms with E-state index in [2.05, 4.69) is 10.3 Å². The van der Waals surface area contributed by atoms with Gasteiger partial charge < -0.3 is 10.2 Å². The van der Waals surface area contributed by atoms with Crippen LogP contribution in [0.5, 0.6) is 0 Å². The van der Waals surface area contributed by atoms with E-state index in [4.69, 9.17) is 0 Å². The van der Waals surface area contributed by atoms with Crippen molar-refractivity contribution in [3.63, 3.8) is 0 Å². The molecule has 0 aliphatic carbocycles. The highest BCUT2D eigenvalue weighted by atomic mass is 16.2. The lowest BCUT2D eigenvalue weighted by Crippen LogP contribution is -2.50. The summed E-state index contributed by atoms with van der Waals surface area (Å²) in [5.74, 6) is -0.216. The first-order valence-corrected chi connectivity index (χ1v) is 6.98. The van der Waals surface area contributed by atoms with Gasteiger partial charge in [0.25, 0.3) is 5.91 Å². The van der Waals surface area contributed by atoms with Gasteiger partial charge >= 0.3 is 0 Å². The van der Waals surface area contributed by atoms with Gasteiger partial charge in [0.15, 0.2) is 0 Å². The number of aryl methyl sites for hydroxylation is 2. The molecule has 1 aliphatic rings. The number of nitrogens with zero attached hydrogens (tertiary/aromatic N) is 2. The Kier molecular flexibility index (Phi) is 3.33. The van der Waals surface area contributed by atoms with E-state index in [9.17, 15) is 9.59 Å². The molecule has 1 aromatic heterocycles. The molecule has 0 unspecified atom stereocenters. The Morgan fingerprint density at radius 1 is 1.29 bits per heavy atom. The van der Waals surface area contributed by atoms with Crippen molar-refractivity contribution in [3.05, 3.63) is 41.1 Å². The van der Waals surface area contributed by atoms with Crippen LogP contribution in [0.15, 0.2) is 24.3 Å². The zero-order chi connectivity index (χ0) is 15.0. The summed E-state index contributed by atoms with van der Waals surface area (Å²) in [5.41, 5.74) is 3.32. The zero-order valence-electron chi connectivity index (χ0n) is 12.1. The largest absolute Gasteiger partial charge is 0.353 e. The lowest BCUT2D eigenvalue weighted by atomic mass is 10.0. The molecule has 1 aliphatic heterocycles. The molecule has 5 nitrogen and oxygen atoms in total. The van der Waals surface area contributed by atoms with Gasteiger partial charge in [0, 0.05) is 24.2 Å². The highest BCUT2D eigenvalue weighted by molar-refractivity contribution is 6.07. The van der Waals surface area contributed by atoms with E-state index in [-0.39, 0.29) is 18.4 Å². The van der Waals surface area contributed by atoms with Crippen LogP contribution in [0.25, 0.3) is 10.9 Å². The molecule has 3 rings (SSSR count). The van der Waals surface area contributed by atoms with Crippen LogP contribution in [-0.4, -0.2) is 41.3 Å². The first kappa shape index (κ1) is 13.5. The van der Waals surface area contributed by atoms with Crippen LogP contribution in [0, 0.1) is 13.8 Å². The molecule has 0 saturated carbocycles. The summed E-state index contributed by atoms with van der Waals surface area (Å²) in [7, 11) is 0. The maximum Gasteiger partial charge on any atom is 0.255 e. The van der Waals surface area contributed by atoms with Crippen molar-refractivity contribution in [2.75, 3.05) is 19.6 Å². The van der Waals surface area contributed by atoms with E-state index >= 15 is 0 Å². The number of fused-ring (bicyclic) bond motifs is 1. The van der Waals surface area contributed by atoms with Crippen molar-refractivity contribution in [2.24, 2.45) is 0 Å². The van der Waals surface area contributed by atoms with E-state index in [1.165, 1.54) is 0 Å². The molecule has 0 atom stereocenters. The number of benzene rings is 1. The second kappa shape index (κ2) is 5.16. The minimum atomic E-state index is -0.110. The third-order valence-electron chi connectivity index (χ3n) is 3.65. The Morgan fingerprint density at radius 2 is 2.10 bits per heavy atom. The molecular formula is C16H17N3O2. The number of rotatable bonds is 1. The Bertz CT molecular complexity index is 740. The van der Waals surface area contributed by atoms with E-state index in [1.54, 1.807) is 11.0 Å². The van der Waals surface area contributed by atoms with E-state index in [0.717, 1.165) is 22.2 Å². The maximum atomic E-state index is 12.7. The van der Waals surface area contributed by atoms with Gasteiger partial charge in [0.2, 0.25) is 5.91 Å². The van der Waals surface area contributed by atoms with Crippen LogP contribution < -0.4 is 5.32 Å². The molecule has 0 radical (unpaired) electrons. The Balaban J connectivity index is 2.08. The summed E-state index contributed by atoms with van der Waals surface area (Å²) >= 11 is 0. The maximum absolute atomic E-state index is 12.7. The predicted octanol–water partition coefficient (Wildman–Crippen LogP) is 1.42. The topological polar surface area (TPSA) is 62.3 Å². The summed E-state index contributed by atoms with van der Waals surface area (Å²) in [5, 5.41) is 3.57. The Labute approximate surface area is 123 Å². The number of amides is 2. The standard InChI is InChI=1S/C16H17N3O2/c1-10-3-4-14-12(7-10)13(8-11(2)18-14)16(21)19-6-5-17-15(20)9-19/h3-4,7-8H,5-6,9H2,1-2H3,(H,17,20). The third kappa shape index (κ3) is 2.59. The number of hydrogen-bond acceptors (Lipinski definition) is 3. The van der Waals surface area contributed by atoms with Crippen molar-refractivity contribution in [1.82, 2.24) is 15.2 Å². The zero-order valence-corrected chi connectivity index (χ0v) is 12.1. The first-order chi connectivity index (χ1) is 10.0. The molecule has 1 saturated heterocycles. The Hall–Kier alpha value is -2.43. The van der Waals surface area contributed by atoms with Crippen molar-refractivity contribution in [2.45, 2.75) is 13.8 Å². The van der Waals surface area contributed by atoms with Crippen LogP contribution in [-0.2, 0) is 4.79 Å². The quantitative estimate of drug-likeness (QED) is 0.861. The van der Waals surface area contributed by atoms with Crippen LogP contribution in [0.4, 0.5) is 0 Å². The van der Waals surface area contributed by atoms with Gasteiger partial charge in [-0.15, -0.1) is 0 Å². The summed E-state index contributed by atoms with van der Waals surface area (Å²) in [6.07, 6.45) is 0. The summed E-state index contributed by atoms with van der Waals surface area (Å²) in [4.78, 5) is 30.3. The molecule has 1 fully saturated rings. The molecule has 1 aromatic carbocycles. The number of nitrogens with one attached hydrogen (secondary N) is 1. The molecule has 2 amide bonds. The predicted molar refractivity (Wildman–Crippen MR) is 80.1 cm³/mol. The van der Waals surface area contributed by atoms with Crippen molar-refractivity contribution < 1.29 is 9.59 Å². The number of carbonyl (C=O) groups is 2. The summed E-state index contributed by atoms with van der Waals surface area (Å²) in [6.45, 7) is 5.03. The molecule has 108 valence electrons. The number of aromatic nitrogens is 1. The number of carbonyl (C=O) groups excluding carboxylic acids is 2. The molecule has 2 heterocycles. The SMILES string of the molecule is Cc1ccc2nc(C)cc(C(=O)N3CCNC(=O)C3)c2c1. The van der Waals surface area contributed by atoms with E-state index in [0.29, 0.717) is 18.7 Å². The molecular weight excluding hydrogens is 266 g/mol. The number of pyridine rings is 1. The fourth-order valence-electron chi connectivity index (χ4n) is 2.63. The van der Waals surface area contributed by atoms with Crippen LogP contribution >= 0.6 is 0 Å². The lowest BCUT2D eigenvalue weighted by Gasteiger charge is -2.27. The second-order valence-corrected chi connectivity index (χ2v) is 5.41. The fraction of sp³-hybridized carbons (Fsp3) is 0.312.